The van der Waals surface area contributed by atoms with E-state index in [0.717, 1.165) is 25.9 Å². The van der Waals surface area contributed by atoms with Crippen molar-refractivity contribution >= 4 is 5.84 Å². The van der Waals surface area contributed by atoms with Crippen molar-refractivity contribution in [2.45, 2.75) is 200 Å². The molecule has 280 valence electrons. The Morgan fingerprint density at radius 2 is 0.854 bits per heavy atom. The van der Waals surface area contributed by atoms with Crippen LogP contribution in [-0.2, 0) is 0 Å². The van der Waals surface area contributed by atoms with Gasteiger partial charge in [0.05, 0.1) is 6.67 Å². The van der Waals surface area contributed by atoms with Gasteiger partial charge in [0, 0.05) is 5.56 Å². The second kappa shape index (κ2) is 32.6. The Hall–Kier alpha value is -1.56. The van der Waals surface area contributed by atoms with E-state index in [-0.39, 0.29) is 0 Å². The standard InChI is InChI=1S/C42H76F3N3/c1-3-5-7-9-11-13-15-17-19-21-23-25-27-32-36-48(37-33-28-26-24-22-20-18-16-14-12-10-8-6-4-2)39-47-41(46-38-42(43,44)45)40-34-30-29-31-35-40/h29-31,34-35H,3-28,32-33,36-39H2,1-2H3,(H,46,47). The highest BCUT2D eigenvalue weighted by atomic mass is 19.4. The van der Waals surface area contributed by atoms with Gasteiger partial charge in [-0.25, -0.2) is 0 Å². The first-order valence-corrected chi connectivity index (χ1v) is 20.6. The fourth-order valence-corrected chi connectivity index (χ4v) is 6.51. The van der Waals surface area contributed by atoms with Crippen molar-refractivity contribution in [2.24, 2.45) is 4.99 Å². The molecule has 0 amide bonds. The molecule has 0 saturated carbocycles. The lowest BCUT2D eigenvalue weighted by Gasteiger charge is -2.21. The van der Waals surface area contributed by atoms with Crippen molar-refractivity contribution in [1.29, 1.82) is 0 Å². The monoisotopic (exact) mass is 680 g/mol. The molecular weight excluding hydrogens is 603 g/mol. The summed E-state index contributed by atoms with van der Waals surface area (Å²) < 4.78 is 39.1. The maximum atomic E-state index is 13.0. The minimum atomic E-state index is -4.28. The SMILES string of the molecule is CCCCCCCCCCCCCCCCN(CCCCCCCCCCCCCCCC)CN=C(NCC(F)(F)F)c1ccccc1. The first kappa shape index (κ1) is 44.5. The summed E-state index contributed by atoms with van der Waals surface area (Å²) in [6, 6.07) is 9.23. The third kappa shape index (κ3) is 29.4. The number of alkyl halides is 3. The van der Waals surface area contributed by atoms with E-state index < -0.39 is 12.7 Å². The first-order valence-electron chi connectivity index (χ1n) is 20.6. The molecule has 0 aliphatic carbocycles. The Bertz CT molecular complexity index is 795. The van der Waals surface area contributed by atoms with Crippen molar-refractivity contribution in [3.63, 3.8) is 0 Å². The van der Waals surface area contributed by atoms with Crippen LogP contribution in [0.15, 0.2) is 35.3 Å². The Kier molecular flexibility index (Phi) is 30.2. The van der Waals surface area contributed by atoms with Gasteiger partial charge in [-0.05, 0) is 25.9 Å². The molecule has 0 heterocycles. The van der Waals surface area contributed by atoms with Gasteiger partial charge >= 0.3 is 6.18 Å². The molecule has 0 saturated heterocycles. The summed E-state index contributed by atoms with van der Waals surface area (Å²) in [6.45, 7) is 5.84. The van der Waals surface area contributed by atoms with Crippen molar-refractivity contribution in [3.05, 3.63) is 35.9 Å². The predicted octanol–water partition coefficient (Wildman–Crippen LogP) is 13.8. The van der Waals surface area contributed by atoms with Gasteiger partial charge in [-0.2, -0.15) is 13.2 Å². The quantitative estimate of drug-likeness (QED) is 0.0446. The van der Waals surface area contributed by atoms with Gasteiger partial charge < -0.3 is 5.32 Å². The third-order valence-corrected chi connectivity index (χ3v) is 9.59. The number of hydrogen-bond donors (Lipinski definition) is 1. The summed E-state index contributed by atoms with van der Waals surface area (Å²) in [5.74, 6) is 0.333. The normalized spacial score (nSPS) is 12.3. The van der Waals surface area contributed by atoms with E-state index in [1.54, 1.807) is 0 Å². The summed E-state index contributed by atoms with van der Waals surface area (Å²) in [4.78, 5) is 7.06. The van der Waals surface area contributed by atoms with Gasteiger partial charge in [0.1, 0.15) is 12.4 Å². The second-order valence-electron chi connectivity index (χ2n) is 14.3. The molecule has 0 bridgehead atoms. The molecule has 0 aliphatic heterocycles. The van der Waals surface area contributed by atoms with Crippen molar-refractivity contribution in [3.8, 4) is 0 Å². The number of halogens is 3. The highest BCUT2D eigenvalue weighted by molar-refractivity contribution is 5.98. The van der Waals surface area contributed by atoms with Gasteiger partial charge in [0.15, 0.2) is 0 Å². The van der Waals surface area contributed by atoms with Crippen molar-refractivity contribution in [2.75, 3.05) is 26.3 Å². The molecule has 0 radical (unpaired) electrons. The Morgan fingerprint density at radius 3 is 1.19 bits per heavy atom. The molecule has 1 aromatic carbocycles. The van der Waals surface area contributed by atoms with E-state index in [4.69, 9.17) is 4.99 Å². The van der Waals surface area contributed by atoms with Gasteiger partial charge in [-0.15, -0.1) is 0 Å². The van der Waals surface area contributed by atoms with Crippen LogP contribution in [0.1, 0.15) is 199 Å². The largest absolute Gasteiger partial charge is 0.405 e. The first-order chi connectivity index (χ1) is 23.5. The average Bonchev–Trinajstić information content (AvgIpc) is 3.08. The lowest BCUT2D eigenvalue weighted by molar-refractivity contribution is -0.121. The van der Waals surface area contributed by atoms with Gasteiger partial charge in [0.25, 0.3) is 0 Å². The molecule has 1 aromatic rings. The zero-order valence-corrected chi connectivity index (χ0v) is 31.5. The summed E-state index contributed by atoms with van der Waals surface area (Å²) in [7, 11) is 0. The number of benzene rings is 1. The van der Waals surface area contributed by atoms with E-state index in [2.05, 4.69) is 24.1 Å². The maximum absolute atomic E-state index is 13.0. The topological polar surface area (TPSA) is 27.6 Å². The fraction of sp³-hybridized carbons (Fsp3) is 0.833. The van der Waals surface area contributed by atoms with Crippen LogP contribution in [0.5, 0.6) is 0 Å². The molecule has 0 aliphatic rings. The maximum Gasteiger partial charge on any atom is 0.405 e. The Balaban J connectivity index is 2.39. The lowest BCUT2D eigenvalue weighted by Crippen LogP contribution is -2.36. The van der Waals surface area contributed by atoms with E-state index in [0.29, 0.717) is 18.1 Å². The summed E-state index contributed by atoms with van der Waals surface area (Å²) in [5, 5.41) is 2.57. The van der Waals surface area contributed by atoms with Crippen LogP contribution >= 0.6 is 0 Å². The van der Waals surface area contributed by atoms with Crippen LogP contribution in [0.25, 0.3) is 0 Å². The van der Waals surface area contributed by atoms with Gasteiger partial charge in [0.2, 0.25) is 0 Å². The molecular formula is C42H76F3N3. The number of unbranched alkanes of at least 4 members (excludes halogenated alkanes) is 26. The number of rotatable bonds is 34. The minimum absolute atomic E-state index is 0.333. The number of nitrogens with one attached hydrogen (secondary N) is 1. The van der Waals surface area contributed by atoms with Crippen LogP contribution in [-0.4, -0.2) is 43.2 Å². The molecule has 0 atom stereocenters. The average molecular weight is 680 g/mol. The fourth-order valence-electron chi connectivity index (χ4n) is 6.51. The molecule has 1 rings (SSSR count). The van der Waals surface area contributed by atoms with Crippen LogP contribution in [0, 0.1) is 0 Å². The Morgan fingerprint density at radius 1 is 0.521 bits per heavy atom. The van der Waals surface area contributed by atoms with E-state index in [1.807, 2.05) is 30.3 Å². The molecule has 0 spiro atoms. The van der Waals surface area contributed by atoms with Crippen LogP contribution in [0.2, 0.25) is 0 Å². The highest BCUT2D eigenvalue weighted by Crippen LogP contribution is 2.16. The molecule has 48 heavy (non-hydrogen) atoms. The zero-order valence-electron chi connectivity index (χ0n) is 31.5. The zero-order chi connectivity index (χ0) is 34.8. The lowest BCUT2D eigenvalue weighted by atomic mass is 10.0. The second-order valence-corrected chi connectivity index (χ2v) is 14.3. The molecule has 3 nitrogen and oxygen atoms in total. The van der Waals surface area contributed by atoms with E-state index >= 15 is 0 Å². The molecule has 0 aromatic heterocycles. The van der Waals surface area contributed by atoms with E-state index in [9.17, 15) is 13.2 Å². The van der Waals surface area contributed by atoms with E-state index in [1.165, 1.54) is 167 Å². The summed E-state index contributed by atoms with van der Waals surface area (Å²) in [6.07, 6.45) is 33.2. The highest BCUT2D eigenvalue weighted by Gasteiger charge is 2.27. The molecule has 1 N–H and O–H groups in total. The van der Waals surface area contributed by atoms with Crippen molar-refractivity contribution < 1.29 is 13.2 Å². The van der Waals surface area contributed by atoms with Gasteiger partial charge in [-0.1, -0.05) is 211 Å². The molecule has 0 unspecified atom stereocenters. The van der Waals surface area contributed by atoms with Crippen LogP contribution in [0.4, 0.5) is 13.2 Å². The van der Waals surface area contributed by atoms with Crippen LogP contribution in [0.3, 0.4) is 0 Å². The molecule has 6 heteroatoms. The Labute approximate surface area is 295 Å². The number of aliphatic imine (C=N–C) groups is 1. The third-order valence-electron chi connectivity index (χ3n) is 9.59. The minimum Gasteiger partial charge on any atom is -0.361 e. The summed E-state index contributed by atoms with van der Waals surface area (Å²) in [5.41, 5.74) is 0.703. The number of hydrogen-bond acceptors (Lipinski definition) is 2. The number of amidine groups is 1. The summed E-state index contributed by atoms with van der Waals surface area (Å²) >= 11 is 0. The van der Waals surface area contributed by atoms with Crippen LogP contribution < -0.4 is 5.32 Å². The van der Waals surface area contributed by atoms with Gasteiger partial charge in [-0.3, -0.25) is 9.89 Å². The predicted molar refractivity (Wildman–Crippen MR) is 204 cm³/mol. The molecule has 0 fully saturated rings. The smallest absolute Gasteiger partial charge is 0.361 e. The van der Waals surface area contributed by atoms with Crippen molar-refractivity contribution in [1.82, 2.24) is 10.2 Å². The number of nitrogens with zero attached hydrogens (tertiary/aromatic N) is 2.